The second kappa shape index (κ2) is 5.33. The molecule has 2 rings (SSSR count). The third-order valence-corrected chi connectivity index (χ3v) is 3.86. The quantitative estimate of drug-likeness (QED) is 0.889. The lowest BCUT2D eigenvalue weighted by Gasteiger charge is -2.11. The van der Waals surface area contributed by atoms with Gasteiger partial charge in [0.2, 0.25) is 0 Å². The maximum atomic E-state index is 13.5. The van der Waals surface area contributed by atoms with Crippen LogP contribution in [-0.2, 0) is 16.6 Å². The lowest BCUT2D eigenvalue weighted by atomic mass is 10.2. The molecule has 3 N–H and O–H groups in total. The van der Waals surface area contributed by atoms with Gasteiger partial charge in [0, 0.05) is 24.5 Å². The Morgan fingerprint density at radius 1 is 1.26 bits per heavy atom. The zero-order chi connectivity index (χ0) is 13.9. The number of halogens is 1. The smallest absolute Gasteiger partial charge is 0.263 e. The highest BCUT2D eigenvalue weighted by Gasteiger charge is 2.17. The molecule has 0 aliphatic heterocycles. The largest absolute Gasteiger partial charge is 0.326 e. The number of hydrogen-bond acceptors (Lipinski definition) is 4. The fourth-order valence-corrected chi connectivity index (χ4v) is 2.63. The van der Waals surface area contributed by atoms with Crippen molar-refractivity contribution in [3.63, 3.8) is 0 Å². The first-order valence-corrected chi connectivity index (χ1v) is 6.93. The van der Waals surface area contributed by atoms with Crippen LogP contribution in [0.3, 0.4) is 0 Å². The van der Waals surface area contributed by atoms with Crippen LogP contribution in [0.25, 0.3) is 0 Å². The van der Waals surface area contributed by atoms with Gasteiger partial charge in [-0.1, -0.05) is 6.07 Å². The van der Waals surface area contributed by atoms with E-state index >= 15 is 0 Å². The molecule has 1 aromatic carbocycles. The molecule has 0 radical (unpaired) electrons. The predicted molar refractivity (Wildman–Crippen MR) is 69.3 cm³/mol. The second-order valence-electron chi connectivity index (χ2n) is 3.76. The first kappa shape index (κ1) is 13.4. The van der Waals surface area contributed by atoms with Crippen molar-refractivity contribution in [3.8, 4) is 0 Å². The van der Waals surface area contributed by atoms with Crippen LogP contribution < -0.4 is 10.5 Å². The Balaban J connectivity index is 2.39. The molecule has 0 unspecified atom stereocenters. The number of nitrogens with two attached hydrogens (primary N) is 1. The first-order valence-electron chi connectivity index (χ1n) is 5.45. The molecular weight excluding hydrogens is 269 g/mol. The number of pyridine rings is 1. The molecule has 1 aromatic heterocycles. The zero-order valence-electron chi connectivity index (χ0n) is 9.88. The SMILES string of the molecule is NCc1c(F)cccc1NS(=O)(=O)c1cccnc1. The van der Waals surface area contributed by atoms with Crippen molar-refractivity contribution in [3.05, 3.63) is 54.1 Å². The Morgan fingerprint density at radius 2 is 2.05 bits per heavy atom. The molecule has 0 saturated carbocycles. The molecule has 0 atom stereocenters. The Bertz CT molecular complexity index is 675. The van der Waals surface area contributed by atoms with Gasteiger partial charge in [-0.25, -0.2) is 12.8 Å². The molecular formula is C12H12FN3O2S. The lowest BCUT2D eigenvalue weighted by molar-refractivity contribution is 0.600. The standard InChI is InChI=1S/C12H12FN3O2S/c13-11-4-1-5-12(10(11)7-14)16-19(17,18)9-3-2-6-15-8-9/h1-6,8,16H,7,14H2. The molecule has 0 spiro atoms. The molecule has 5 nitrogen and oxygen atoms in total. The Kier molecular flexibility index (Phi) is 3.77. The molecule has 1 heterocycles. The van der Waals surface area contributed by atoms with E-state index in [-0.39, 0.29) is 22.7 Å². The highest BCUT2D eigenvalue weighted by atomic mass is 32.2. The molecule has 0 fully saturated rings. The third-order valence-electron chi connectivity index (χ3n) is 2.51. The summed E-state index contributed by atoms with van der Waals surface area (Å²) in [7, 11) is -3.80. The van der Waals surface area contributed by atoms with Gasteiger partial charge in [0.1, 0.15) is 10.7 Å². The van der Waals surface area contributed by atoms with Crippen molar-refractivity contribution in [1.29, 1.82) is 0 Å². The summed E-state index contributed by atoms with van der Waals surface area (Å²) in [6, 6.07) is 7.00. The molecule has 0 bridgehead atoms. The van der Waals surface area contributed by atoms with Crippen LogP contribution in [0.1, 0.15) is 5.56 Å². The average molecular weight is 281 g/mol. The first-order chi connectivity index (χ1) is 9.04. The van der Waals surface area contributed by atoms with E-state index < -0.39 is 15.8 Å². The molecule has 2 aromatic rings. The van der Waals surface area contributed by atoms with Crippen LogP contribution >= 0.6 is 0 Å². The average Bonchev–Trinajstić information content (AvgIpc) is 2.40. The summed E-state index contributed by atoms with van der Waals surface area (Å²) in [6.07, 6.45) is 2.68. The molecule has 0 amide bonds. The van der Waals surface area contributed by atoms with Gasteiger partial charge in [-0.15, -0.1) is 0 Å². The lowest BCUT2D eigenvalue weighted by Crippen LogP contribution is -2.16. The maximum Gasteiger partial charge on any atom is 0.263 e. The van der Waals surface area contributed by atoms with Gasteiger partial charge in [0.25, 0.3) is 10.0 Å². The van der Waals surface area contributed by atoms with Crippen molar-refractivity contribution in [1.82, 2.24) is 4.98 Å². The molecule has 0 aliphatic carbocycles. The number of benzene rings is 1. The second-order valence-corrected chi connectivity index (χ2v) is 5.45. The summed E-state index contributed by atoms with van der Waals surface area (Å²) >= 11 is 0. The molecule has 0 saturated heterocycles. The monoisotopic (exact) mass is 281 g/mol. The normalized spacial score (nSPS) is 11.3. The third kappa shape index (κ3) is 2.88. The summed E-state index contributed by atoms with van der Waals surface area (Å²) < 4.78 is 39.9. The van der Waals surface area contributed by atoms with Crippen molar-refractivity contribution < 1.29 is 12.8 Å². The minimum Gasteiger partial charge on any atom is -0.326 e. The Morgan fingerprint density at radius 3 is 2.68 bits per heavy atom. The van der Waals surface area contributed by atoms with Crippen LogP contribution in [0.2, 0.25) is 0 Å². The van der Waals surface area contributed by atoms with Crippen molar-refractivity contribution >= 4 is 15.7 Å². The van der Waals surface area contributed by atoms with Crippen LogP contribution in [0.15, 0.2) is 47.6 Å². The van der Waals surface area contributed by atoms with Crippen LogP contribution in [0, 0.1) is 5.82 Å². The highest BCUT2D eigenvalue weighted by molar-refractivity contribution is 7.92. The summed E-state index contributed by atoms with van der Waals surface area (Å²) in [5, 5.41) is 0. The summed E-state index contributed by atoms with van der Waals surface area (Å²) in [5.41, 5.74) is 5.67. The van der Waals surface area contributed by atoms with Crippen LogP contribution in [0.4, 0.5) is 10.1 Å². The van der Waals surface area contributed by atoms with Gasteiger partial charge in [0.15, 0.2) is 0 Å². The van der Waals surface area contributed by atoms with E-state index in [1.54, 1.807) is 0 Å². The fraction of sp³-hybridized carbons (Fsp3) is 0.0833. The van der Waals surface area contributed by atoms with Gasteiger partial charge in [-0.05, 0) is 24.3 Å². The molecule has 19 heavy (non-hydrogen) atoms. The number of nitrogens with one attached hydrogen (secondary N) is 1. The van der Waals surface area contributed by atoms with Crippen molar-refractivity contribution in [2.75, 3.05) is 4.72 Å². The van der Waals surface area contributed by atoms with E-state index in [0.29, 0.717) is 0 Å². The minimum absolute atomic E-state index is 0.00207. The fourth-order valence-electron chi connectivity index (χ4n) is 1.57. The van der Waals surface area contributed by atoms with E-state index in [1.165, 1.54) is 42.7 Å². The van der Waals surface area contributed by atoms with E-state index in [1.807, 2.05) is 0 Å². The van der Waals surface area contributed by atoms with E-state index in [9.17, 15) is 12.8 Å². The number of sulfonamides is 1. The van der Waals surface area contributed by atoms with Gasteiger partial charge in [0.05, 0.1) is 5.69 Å². The van der Waals surface area contributed by atoms with E-state index in [2.05, 4.69) is 9.71 Å². The van der Waals surface area contributed by atoms with Gasteiger partial charge in [-0.2, -0.15) is 0 Å². The minimum atomic E-state index is -3.80. The topological polar surface area (TPSA) is 85.1 Å². The number of nitrogens with zero attached hydrogens (tertiary/aromatic N) is 1. The number of hydrogen-bond donors (Lipinski definition) is 2. The van der Waals surface area contributed by atoms with Crippen LogP contribution in [-0.4, -0.2) is 13.4 Å². The Labute approximate surface area is 110 Å². The Hall–Kier alpha value is -1.99. The number of anilines is 1. The van der Waals surface area contributed by atoms with Crippen LogP contribution in [0.5, 0.6) is 0 Å². The number of aromatic nitrogens is 1. The van der Waals surface area contributed by atoms with Gasteiger partial charge >= 0.3 is 0 Å². The maximum absolute atomic E-state index is 13.5. The molecule has 7 heteroatoms. The van der Waals surface area contributed by atoms with Crippen molar-refractivity contribution in [2.45, 2.75) is 11.4 Å². The summed E-state index contributed by atoms with van der Waals surface area (Å²) in [6.45, 7) is -0.0996. The van der Waals surface area contributed by atoms with E-state index in [4.69, 9.17) is 5.73 Å². The van der Waals surface area contributed by atoms with E-state index in [0.717, 1.165) is 0 Å². The number of rotatable bonds is 4. The predicted octanol–water partition coefficient (Wildman–Crippen LogP) is 1.48. The summed E-state index contributed by atoms with van der Waals surface area (Å²) in [4.78, 5) is 3.74. The van der Waals surface area contributed by atoms with Gasteiger partial charge < -0.3 is 5.73 Å². The molecule has 0 aliphatic rings. The molecule has 100 valence electrons. The highest BCUT2D eigenvalue weighted by Crippen LogP contribution is 2.21. The van der Waals surface area contributed by atoms with Crippen molar-refractivity contribution in [2.24, 2.45) is 5.73 Å². The van der Waals surface area contributed by atoms with Gasteiger partial charge in [-0.3, -0.25) is 9.71 Å². The summed E-state index contributed by atoms with van der Waals surface area (Å²) in [5.74, 6) is -0.547. The zero-order valence-corrected chi connectivity index (χ0v) is 10.7.